The molecule has 1 aromatic heterocycles. The Labute approximate surface area is 134 Å². The number of thiazole rings is 1. The zero-order valence-electron chi connectivity index (χ0n) is 12.3. The molecule has 0 N–H and O–H groups in total. The van der Waals surface area contributed by atoms with Gasteiger partial charge in [0.1, 0.15) is 0 Å². The largest absolute Gasteiger partial charge is 0.254 e. The number of hydrogen-bond acceptors (Lipinski definition) is 4. The van der Waals surface area contributed by atoms with Gasteiger partial charge in [-0.2, -0.15) is 4.31 Å². The Morgan fingerprint density at radius 2 is 1.95 bits per heavy atom. The van der Waals surface area contributed by atoms with Crippen LogP contribution in [-0.4, -0.2) is 24.8 Å². The highest BCUT2D eigenvalue weighted by Crippen LogP contribution is 2.29. The number of halogens is 1. The van der Waals surface area contributed by atoms with Crippen LogP contribution in [0, 0.1) is 20.8 Å². The molecule has 2 aromatic rings. The Balaban J connectivity index is 2.31. The van der Waals surface area contributed by atoms with Crippen molar-refractivity contribution in [1.82, 2.24) is 9.29 Å². The summed E-state index contributed by atoms with van der Waals surface area (Å²) in [5, 5.41) is 0. The fraction of sp³-hybridized carbons (Fsp3) is 0.357. The molecule has 2 rings (SSSR count). The van der Waals surface area contributed by atoms with E-state index in [1.807, 2.05) is 32.0 Å². The molecule has 1 heterocycles. The van der Waals surface area contributed by atoms with E-state index in [0.717, 1.165) is 28.0 Å². The lowest BCUT2D eigenvalue weighted by Crippen LogP contribution is -2.26. The molecular formula is C14H17ClN2O2S2. The van der Waals surface area contributed by atoms with Crippen LogP contribution in [0.1, 0.15) is 22.4 Å². The van der Waals surface area contributed by atoms with Crippen LogP contribution in [0.4, 0.5) is 0 Å². The first kappa shape index (κ1) is 16.4. The van der Waals surface area contributed by atoms with Crippen molar-refractivity contribution in [2.45, 2.75) is 31.5 Å². The first-order valence-corrected chi connectivity index (χ1v) is 9.00. The second-order valence-corrected chi connectivity index (χ2v) is 8.85. The molecule has 0 aliphatic carbocycles. The number of aromatic nitrogens is 1. The van der Waals surface area contributed by atoms with E-state index in [1.165, 1.54) is 4.31 Å². The maximum absolute atomic E-state index is 12.6. The number of sulfonamides is 1. The Hall–Kier alpha value is -0.950. The predicted molar refractivity (Wildman–Crippen MR) is 86.4 cm³/mol. The van der Waals surface area contributed by atoms with Crippen molar-refractivity contribution >= 4 is 33.0 Å². The minimum atomic E-state index is -3.57. The zero-order chi connectivity index (χ0) is 15.8. The number of nitrogens with zero attached hydrogens (tertiary/aromatic N) is 2. The van der Waals surface area contributed by atoms with Crippen LogP contribution in [0.25, 0.3) is 0 Å². The average molecular weight is 345 g/mol. The van der Waals surface area contributed by atoms with Gasteiger partial charge in [0.15, 0.2) is 8.68 Å². The second kappa shape index (κ2) is 6.04. The van der Waals surface area contributed by atoms with Gasteiger partial charge in [0.2, 0.25) is 0 Å². The van der Waals surface area contributed by atoms with E-state index in [2.05, 4.69) is 4.98 Å². The summed E-state index contributed by atoms with van der Waals surface area (Å²) in [6, 6.07) is 5.99. The first-order chi connectivity index (χ1) is 9.71. The molecule has 0 atom stereocenters. The van der Waals surface area contributed by atoms with Gasteiger partial charge in [0.05, 0.1) is 5.69 Å². The molecule has 0 fully saturated rings. The molecule has 0 saturated carbocycles. The monoisotopic (exact) mass is 344 g/mol. The van der Waals surface area contributed by atoms with E-state index in [9.17, 15) is 8.42 Å². The summed E-state index contributed by atoms with van der Waals surface area (Å²) in [5.41, 5.74) is 3.67. The normalized spacial score (nSPS) is 12.1. The quantitative estimate of drug-likeness (QED) is 0.852. The van der Waals surface area contributed by atoms with Gasteiger partial charge < -0.3 is 0 Å². The minimum Gasteiger partial charge on any atom is -0.229 e. The summed E-state index contributed by atoms with van der Waals surface area (Å²) < 4.78 is 27.0. The number of aryl methyl sites for hydroxylation is 3. The maximum atomic E-state index is 12.6. The Bertz CT molecular complexity index is 769. The highest BCUT2D eigenvalue weighted by Gasteiger charge is 2.26. The Morgan fingerprint density at radius 3 is 2.48 bits per heavy atom. The van der Waals surface area contributed by atoms with Crippen molar-refractivity contribution in [1.29, 1.82) is 0 Å². The van der Waals surface area contributed by atoms with Crippen molar-refractivity contribution < 1.29 is 8.42 Å². The first-order valence-electron chi connectivity index (χ1n) is 6.37. The Kier molecular flexibility index (Phi) is 4.72. The predicted octanol–water partition coefficient (Wildman–Crippen LogP) is 3.54. The third-order valence-electron chi connectivity index (χ3n) is 3.26. The van der Waals surface area contributed by atoms with Gasteiger partial charge in [-0.25, -0.2) is 13.4 Å². The van der Waals surface area contributed by atoms with Crippen LogP contribution in [0.15, 0.2) is 22.4 Å². The van der Waals surface area contributed by atoms with E-state index in [1.54, 1.807) is 14.0 Å². The van der Waals surface area contributed by atoms with E-state index in [-0.39, 0.29) is 8.68 Å². The lowest BCUT2D eigenvalue weighted by atomic mass is 10.1. The third kappa shape index (κ3) is 3.45. The molecule has 4 nitrogen and oxygen atoms in total. The van der Waals surface area contributed by atoms with E-state index < -0.39 is 10.0 Å². The SMILES string of the molecule is Cc1ccc(CN(C)S(=O)(=O)c2sc(Cl)nc2C)c(C)c1. The second-order valence-electron chi connectivity index (χ2n) is 5.03. The van der Waals surface area contributed by atoms with E-state index in [0.29, 0.717) is 12.2 Å². The molecule has 0 radical (unpaired) electrons. The molecule has 0 amide bonds. The van der Waals surface area contributed by atoms with Gasteiger partial charge in [-0.1, -0.05) is 46.7 Å². The van der Waals surface area contributed by atoms with Crippen LogP contribution in [-0.2, 0) is 16.6 Å². The molecule has 7 heteroatoms. The molecular weight excluding hydrogens is 328 g/mol. The lowest BCUT2D eigenvalue weighted by Gasteiger charge is -2.18. The third-order valence-corrected chi connectivity index (χ3v) is 6.92. The number of benzene rings is 1. The van der Waals surface area contributed by atoms with Crippen LogP contribution >= 0.6 is 22.9 Å². The summed E-state index contributed by atoms with van der Waals surface area (Å²) in [5.74, 6) is 0. The molecule has 114 valence electrons. The minimum absolute atomic E-state index is 0.208. The van der Waals surface area contributed by atoms with Gasteiger partial charge in [0.25, 0.3) is 10.0 Å². The Morgan fingerprint density at radius 1 is 1.29 bits per heavy atom. The molecule has 0 aliphatic heterocycles. The van der Waals surface area contributed by atoms with Crippen molar-refractivity contribution in [3.63, 3.8) is 0 Å². The van der Waals surface area contributed by atoms with E-state index >= 15 is 0 Å². The van der Waals surface area contributed by atoms with Gasteiger partial charge in [-0.15, -0.1) is 0 Å². The van der Waals surface area contributed by atoms with Crippen molar-refractivity contribution in [2.24, 2.45) is 0 Å². The van der Waals surface area contributed by atoms with Crippen molar-refractivity contribution in [3.8, 4) is 0 Å². The molecule has 1 aromatic carbocycles. The summed E-state index contributed by atoms with van der Waals surface area (Å²) in [6.07, 6.45) is 0. The smallest absolute Gasteiger partial charge is 0.229 e. The lowest BCUT2D eigenvalue weighted by molar-refractivity contribution is 0.467. The summed E-state index contributed by atoms with van der Waals surface area (Å²) in [6.45, 7) is 5.97. The summed E-state index contributed by atoms with van der Waals surface area (Å²) in [7, 11) is -2.00. The van der Waals surface area contributed by atoms with Crippen molar-refractivity contribution in [2.75, 3.05) is 7.05 Å². The average Bonchev–Trinajstić information content (AvgIpc) is 2.72. The van der Waals surface area contributed by atoms with Crippen LogP contribution < -0.4 is 0 Å². The molecule has 0 unspecified atom stereocenters. The topological polar surface area (TPSA) is 50.3 Å². The zero-order valence-corrected chi connectivity index (χ0v) is 14.7. The van der Waals surface area contributed by atoms with Gasteiger partial charge in [-0.3, -0.25) is 0 Å². The highest BCUT2D eigenvalue weighted by atomic mass is 35.5. The van der Waals surface area contributed by atoms with Crippen LogP contribution in [0.5, 0.6) is 0 Å². The maximum Gasteiger partial charge on any atom is 0.254 e. The molecule has 0 bridgehead atoms. The van der Waals surface area contributed by atoms with Crippen LogP contribution in [0.2, 0.25) is 4.47 Å². The van der Waals surface area contributed by atoms with Gasteiger partial charge in [-0.05, 0) is 31.9 Å². The van der Waals surface area contributed by atoms with E-state index in [4.69, 9.17) is 11.6 Å². The van der Waals surface area contributed by atoms with Crippen LogP contribution in [0.3, 0.4) is 0 Å². The molecule has 0 spiro atoms. The highest BCUT2D eigenvalue weighted by molar-refractivity contribution is 7.91. The van der Waals surface area contributed by atoms with Gasteiger partial charge in [0, 0.05) is 13.6 Å². The molecule has 21 heavy (non-hydrogen) atoms. The standard InChI is InChI=1S/C14H17ClN2O2S2/c1-9-5-6-12(10(2)7-9)8-17(4)21(18,19)13-11(3)16-14(15)20-13/h5-7H,8H2,1-4H3. The molecule has 0 aliphatic rings. The fourth-order valence-electron chi connectivity index (χ4n) is 2.08. The molecule has 0 saturated heterocycles. The van der Waals surface area contributed by atoms with Crippen molar-refractivity contribution in [3.05, 3.63) is 45.1 Å². The fourth-order valence-corrected chi connectivity index (χ4v) is 5.15. The number of hydrogen-bond donors (Lipinski definition) is 0. The summed E-state index contributed by atoms with van der Waals surface area (Å²) in [4.78, 5) is 3.97. The van der Waals surface area contributed by atoms with Gasteiger partial charge >= 0.3 is 0 Å². The number of rotatable bonds is 4. The summed E-state index contributed by atoms with van der Waals surface area (Å²) >= 11 is 6.80.